The first-order valence-electron chi connectivity index (χ1n) is 14.4. The third-order valence-corrected chi connectivity index (χ3v) is 9.56. The molecule has 4 atom stereocenters. The molecule has 2 aromatic rings. The maximum atomic E-state index is 15.7. The van der Waals surface area contributed by atoms with Gasteiger partial charge in [0.2, 0.25) is 11.8 Å². The van der Waals surface area contributed by atoms with Gasteiger partial charge in [-0.1, -0.05) is 36.6 Å². The molecule has 3 heterocycles. The molecule has 5 rings (SSSR count). The van der Waals surface area contributed by atoms with Crippen LogP contribution in [0.1, 0.15) is 80.9 Å². The van der Waals surface area contributed by atoms with Crippen LogP contribution in [-0.2, 0) is 34.5 Å². The molecule has 43 heavy (non-hydrogen) atoms. The number of aliphatic carboxylic acids is 1. The molecule has 1 aromatic heterocycles. The number of hydrogen-bond donors (Lipinski definition) is 1. The first-order valence-corrected chi connectivity index (χ1v) is 14.8. The summed E-state index contributed by atoms with van der Waals surface area (Å²) in [5.41, 5.74) is -1.17. The summed E-state index contributed by atoms with van der Waals surface area (Å²) in [6.45, 7) is 3.61. The molecular weight excluding hydrogens is 591 g/mol. The minimum absolute atomic E-state index is 0.0159. The largest absolute Gasteiger partial charge is 0.484 e. The Morgan fingerprint density at radius 1 is 1.30 bits per heavy atom. The summed E-state index contributed by atoms with van der Waals surface area (Å²) >= 11 is 6.52. The van der Waals surface area contributed by atoms with Crippen molar-refractivity contribution >= 4 is 29.4 Å². The zero-order valence-corrected chi connectivity index (χ0v) is 25.0. The van der Waals surface area contributed by atoms with Crippen LogP contribution in [0.25, 0.3) is 0 Å². The summed E-state index contributed by atoms with van der Waals surface area (Å²) in [6, 6.07) is 0.172. The fourth-order valence-corrected chi connectivity index (χ4v) is 7.16. The second-order valence-electron chi connectivity index (χ2n) is 12.1. The Bertz CT molecular complexity index is 1440. The van der Waals surface area contributed by atoms with E-state index in [9.17, 15) is 28.3 Å². The van der Waals surface area contributed by atoms with Crippen LogP contribution in [0.15, 0.2) is 6.07 Å². The number of alkyl halides is 2. The van der Waals surface area contributed by atoms with Crippen molar-refractivity contribution in [3.05, 3.63) is 39.4 Å². The Hall–Kier alpha value is -3.35. The van der Waals surface area contributed by atoms with Crippen LogP contribution >= 0.6 is 11.6 Å². The first-order chi connectivity index (χ1) is 20.3. The number of carboxylic acids is 1. The standard InChI is InChI=1S/C29H35ClF3N5O5/c1-15-10-22(39)37(12-15)13-21-23-16(7-9-38(21)27(40)17-6-4-5-8-29(17,2)28(41)42)18(30)11-19(31)25(23)43-14-20-24(26(32)33)36(3)35-34-20/h11,15,17,21,26H,4-10,12-14H2,1-3H3,(H,41,42)/t15-,17+,21?,29+/m1/s1. The highest BCUT2D eigenvalue weighted by Crippen LogP contribution is 2.47. The molecule has 0 bridgehead atoms. The molecule has 234 valence electrons. The number of hydrogen-bond acceptors (Lipinski definition) is 6. The Balaban J connectivity index is 1.58. The van der Waals surface area contributed by atoms with Crippen LogP contribution in [-0.4, -0.2) is 67.3 Å². The monoisotopic (exact) mass is 625 g/mol. The van der Waals surface area contributed by atoms with E-state index in [1.165, 1.54) is 11.9 Å². The van der Waals surface area contributed by atoms with E-state index in [1.54, 1.807) is 11.8 Å². The molecule has 2 amide bonds. The van der Waals surface area contributed by atoms with Gasteiger partial charge in [-0.25, -0.2) is 17.9 Å². The minimum Gasteiger partial charge on any atom is -0.484 e. The zero-order chi connectivity index (χ0) is 31.2. The smallest absolute Gasteiger partial charge is 0.310 e. The number of nitrogens with zero attached hydrogens (tertiary/aromatic N) is 5. The Morgan fingerprint density at radius 3 is 2.70 bits per heavy atom. The number of amides is 2. The lowest BCUT2D eigenvalue weighted by molar-refractivity contribution is -0.162. The van der Waals surface area contributed by atoms with Crippen molar-refractivity contribution in [1.29, 1.82) is 0 Å². The van der Waals surface area contributed by atoms with Gasteiger partial charge in [-0.05, 0) is 43.7 Å². The van der Waals surface area contributed by atoms with Crippen molar-refractivity contribution in [3.63, 3.8) is 0 Å². The number of benzene rings is 1. The van der Waals surface area contributed by atoms with Gasteiger partial charge in [0, 0.05) is 43.7 Å². The molecule has 14 heteroatoms. The molecule has 1 unspecified atom stereocenters. The van der Waals surface area contributed by atoms with E-state index in [0.29, 0.717) is 44.2 Å². The molecule has 2 fully saturated rings. The van der Waals surface area contributed by atoms with Gasteiger partial charge >= 0.3 is 5.97 Å². The van der Waals surface area contributed by atoms with Crippen molar-refractivity contribution in [3.8, 4) is 5.75 Å². The van der Waals surface area contributed by atoms with Gasteiger partial charge in [0.25, 0.3) is 6.43 Å². The molecular formula is C29H35ClF3N5O5. The number of fused-ring (bicyclic) bond motifs is 1. The van der Waals surface area contributed by atoms with E-state index in [0.717, 1.165) is 10.7 Å². The fraction of sp³-hybridized carbons (Fsp3) is 0.621. The Kier molecular flexibility index (Phi) is 8.65. The highest BCUT2D eigenvalue weighted by molar-refractivity contribution is 6.31. The lowest BCUT2D eigenvalue weighted by atomic mass is 9.66. The minimum atomic E-state index is -2.90. The average Bonchev–Trinajstić information content (AvgIpc) is 3.48. The topological polar surface area (TPSA) is 118 Å². The highest BCUT2D eigenvalue weighted by atomic mass is 35.5. The predicted octanol–water partition coefficient (Wildman–Crippen LogP) is 4.70. The summed E-state index contributed by atoms with van der Waals surface area (Å²) in [5.74, 6) is -3.45. The van der Waals surface area contributed by atoms with Gasteiger partial charge in [0.1, 0.15) is 18.0 Å². The second kappa shape index (κ2) is 12.0. The number of carbonyl (C=O) groups excluding carboxylic acids is 2. The van der Waals surface area contributed by atoms with Crippen LogP contribution in [0.5, 0.6) is 5.75 Å². The summed E-state index contributed by atoms with van der Waals surface area (Å²) in [4.78, 5) is 42.7. The molecule has 1 aliphatic carbocycles. The van der Waals surface area contributed by atoms with E-state index in [4.69, 9.17) is 16.3 Å². The molecule has 1 aromatic carbocycles. The normalized spacial score (nSPS) is 25.8. The molecule has 1 saturated heterocycles. The number of halogens is 4. The fourth-order valence-electron chi connectivity index (χ4n) is 6.87. The zero-order valence-electron chi connectivity index (χ0n) is 24.3. The number of aromatic nitrogens is 3. The van der Waals surface area contributed by atoms with Gasteiger partial charge < -0.3 is 19.6 Å². The lowest BCUT2D eigenvalue weighted by Crippen LogP contribution is -2.52. The van der Waals surface area contributed by atoms with Gasteiger partial charge in [0.15, 0.2) is 11.6 Å². The average molecular weight is 626 g/mol. The van der Waals surface area contributed by atoms with Gasteiger partial charge in [0.05, 0.1) is 17.4 Å². The van der Waals surface area contributed by atoms with Crippen LogP contribution in [0.3, 0.4) is 0 Å². The number of likely N-dealkylation sites (tertiary alicyclic amines) is 1. The summed E-state index contributed by atoms with van der Waals surface area (Å²) in [6.07, 6.45) is -0.254. The predicted molar refractivity (Wildman–Crippen MR) is 148 cm³/mol. The maximum absolute atomic E-state index is 15.7. The molecule has 1 saturated carbocycles. The van der Waals surface area contributed by atoms with Gasteiger partial charge in [-0.15, -0.1) is 5.10 Å². The third-order valence-electron chi connectivity index (χ3n) is 9.22. The van der Waals surface area contributed by atoms with Gasteiger partial charge in [-0.3, -0.25) is 14.4 Å². The van der Waals surface area contributed by atoms with Crippen molar-refractivity contribution in [1.82, 2.24) is 24.8 Å². The third kappa shape index (κ3) is 5.67. The summed E-state index contributed by atoms with van der Waals surface area (Å²) in [7, 11) is 1.31. The second-order valence-corrected chi connectivity index (χ2v) is 12.5. The van der Waals surface area contributed by atoms with Crippen LogP contribution in [0.4, 0.5) is 13.2 Å². The number of carboxylic acid groups (broad SMARTS) is 1. The molecule has 0 spiro atoms. The Labute approximate surface area is 252 Å². The molecule has 10 nitrogen and oxygen atoms in total. The lowest BCUT2D eigenvalue weighted by Gasteiger charge is -2.45. The van der Waals surface area contributed by atoms with Crippen molar-refractivity contribution < 1.29 is 37.4 Å². The summed E-state index contributed by atoms with van der Waals surface area (Å²) in [5, 5.41) is 17.6. The number of carbonyl (C=O) groups is 3. The maximum Gasteiger partial charge on any atom is 0.310 e. The van der Waals surface area contributed by atoms with E-state index in [1.807, 2.05) is 6.92 Å². The van der Waals surface area contributed by atoms with Gasteiger partial charge in [-0.2, -0.15) is 0 Å². The SMILES string of the molecule is C[C@@H]1CC(=O)N(CC2c3c(c(Cl)cc(F)c3OCc3nnn(C)c3C(F)F)CCN2C(=O)[C@@H]2CCCC[C@]2(C)C(=O)O)C1. The molecule has 2 aliphatic heterocycles. The number of rotatable bonds is 8. The highest BCUT2D eigenvalue weighted by Gasteiger charge is 2.50. The van der Waals surface area contributed by atoms with Crippen LogP contribution < -0.4 is 4.74 Å². The first kappa shape index (κ1) is 31.1. The van der Waals surface area contributed by atoms with Crippen LogP contribution in [0, 0.1) is 23.1 Å². The quantitative estimate of drug-likeness (QED) is 0.452. The Morgan fingerprint density at radius 2 is 2.05 bits per heavy atom. The van der Waals surface area contributed by atoms with Crippen molar-refractivity contribution in [2.75, 3.05) is 19.6 Å². The van der Waals surface area contributed by atoms with Crippen LogP contribution in [0.2, 0.25) is 5.02 Å². The number of aryl methyl sites for hydroxylation is 1. The van der Waals surface area contributed by atoms with E-state index in [2.05, 4.69) is 10.3 Å². The van der Waals surface area contributed by atoms with E-state index < -0.39 is 47.9 Å². The van der Waals surface area contributed by atoms with Crippen molar-refractivity contribution in [2.24, 2.45) is 24.3 Å². The molecule has 1 N–H and O–H groups in total. The molecule has 3 aliphatic rings. The van der Waals surface area contributed by atoms with Crippen molar-refractivity contribution in [2.45, 2.75) is 71.4 Å². The summed E-state index contributed by atoms with van der Waals surface area (Å²) < 4.78 is 49.8. The van der Waals surface area contributed by atoms with E-state index >= 15 is 4.39 Å². The van der Waals surface area contributed by atoms with E-state index in [-0.39, 0.29) is 59.3 Å². The number of ether oxygens (including phenoxy) is 1. The molecule has 0 radical (unpaired) electrons.